The fourth-order valence-corrected chi connectivity index (χ4v) is 5.31. The van der Waals surface area contributed by atoms with Gasteiger partial charge in [-0.15, -0.1) is 5.10 Å². The van der Waals surface area contributed by atoms with Crippen molar-refractivity contribution in [1.82, 2.24) is 19.6 Å². The van der Waals surface area contributed by atoms with Crippen LogP contribution < -0.4 is 10.1 Å². The molecule has 0 unspecified atom stereocenters. The number of benzene rings is 1. The highest BCUT2D eigenvalue weighted by Gasteiger charge is 2.44. The number of aliphatic carboxylic acids is 1. The van der Waals surface area contributed by atoms with Gasteiger partial charge < -0.3 is 20.1 Å². The molecule has 3 heterocycles. The van der Waals surface area contributed by atoms with E-state index in [4.69, 9.17) is 21.4 Å². The van der Waals surface area contributed by atoms with Crippen LogP contribution in [0.5, 0.6) is 5.75 Å². The van der Waals surface area contributed by atoms with Gasteiger partial charge >= 0.3 is 12.0 Å². The van der Waals surface area contributed by atoms with Gasteiger partial charge in [0.2, 0.25) is 5.91 Å². The van der Waals surface area contributed by atoms with Gasteiger partial charge in [0.25, 0.3) is 0 Å². The van der Waals surface area contributed by atoms with Gasteiger partial charge in [-0.3, -0.25) is 14.5 Å². The van der Waals surface area contributed by atoms with Gasteiger partial charge in [-0.2, -0.15) is 4.68 Å². The Balaban J connectivity index is 1.38. The molecule has 0 radical (unpaired) electrons. The average molecular weight is 518 g/mol. The van der Waals surface area contributed by atoms with Crippen LogP contribution in [-0.4, -0.2) is 74.4 Å². The number of nitrogens with one attached hydrogen (secondary N) is 1. The highest BCUT2D eigenvalue weighted by atomic mass is 35.5. The quantitative estimate of drug-likeness (QED) is 0.511. The number of aromatic nitrogens is 2. The summed E-state index contributed by atoms with van der Waals surface area (Å²) in [7, 11) is 0. The lowest BCUT2D eigenvalue weighted by Crippen LogP contribution is -2.53. The number of carboxylic acid groups (broad SMARTS) is 1. The molecule has 0 aliphatic carbocycles. The zero-order chi connectivity index (χ0) is 25.7. The Morgan fingerprint density at radius 1 is 1.17 bits per heavy atom. The van der Waals surface area contributed by atoms with Gasteiger partial charge in [0.15, 0.2) is 5.82 Å². The summed E-state index contributed by atoms with van der Waals surface area (Å²) in [4.78, 5) is 39.3. The molecule has 1 aromatic carbocycles. The maximum atomic E-state index is 13.0. The van der Waals surface area contributed by atoms with Crippen molar-refractivity contribution in [1.29, 1.82) is 0 Å². The standard InChI is InChI=1S/C25H32ClN5O5/c1-18(32)27-22-7-12-31(28-22)24(35)29-13-9-25(10-14-29)8-3-11-30(25)17-19-5-6-20(26)16-21(19)36-15-2-4-23(33)34/h5-7,12,16H,2-4,8-11,13-15,17H2,1H3,(H,33,34)(H,27,28,32). The lowest BCUT2D eigenvalue weighted by molar-refractivity contribution is -0.137. The molecule has 4 rings (SSSR count). The molecule has 2 aliphatic heterocycles. The number of piperidine rings is 1. The molecule has 0 atom stereocenters. The molecule has 2 saturated heterocycles. The van der Waals surface area contributed by atoms with Crippen LogP contribution >= 0.6 is 11.6 Å². The highest BCUT2D eigenvalue weighted by molar-refractivity contribution is 6.30. The molecule has 2 fully saturated rings. The van der Waals surface area contributed by atoms with Gasteiger partial charge in [-0.05, 0) is 50.8 Å². The van der Waals surface area contributed by atoms with Crippen molar-refractivity contribution in [3.63, 3.8) is 0 Å². The first-order chi connectivity index (χ1) is 17.3. The van der Waals surface area contributed by atoms with Crippen molar-refractivity contribution in [2.45, 2.75) is 57.5 Å². The van der Waals surface area contributed by atoms with Crippen molar-refractivity contribution >= 4 is 35.3 Å². The minimum atomic E-state index is -0.838. The third kappa shape index (κ3) is 6.17. The number of rotatable bonds is 8. The molecule has 0 saturated carbocycles. The van der Waals surface area contributed by atoms with Crippen LogP contribution in [0.15, 0.2) is 30.5 Å². The maximum absolute atomic E-state index is 13.0. The number of hydrogen-bond donors (Lipinski definition) is 2. The summed E-state index contributed by atoms with van der Waals surface area (Å²) in [5.74, 6) is -0.0237. The molecule has 0 bridgehead atoms. The van der Waals surface area contributed by atoms with Crippen LogP contribution in [0.25, 0.3) is 0 Å². The summed E-state index contributed by atoms with van der Waals surface area (Å²) in [6.07, 6.45) is 5.95. The van der Waals surface area contributed by atoms with Gasteiger partial charge in [-0.1, -0.05) is 17.7 Å². The Kier molecular flexibility index (Phi) is 8.15. The van der Waals surface area contributed by atoms with Crippen molar-refractivity contribution in [2.24, 2.45) is 0 Å². The van der Waals surface area contributed by atoms with E-state index >= 15 is 0 Å². The summed E-state index contributed by atoms with van der Waals surface area (Å²) in [5, 5.41) is 16.2. The normalized spacial score (nSPS) is 17.3. The number of likely N-dealkylation sites (tertiary alicyclic amines) is 2. The second kappa shape index (κ2) is 11.3. The molecule has 1 spiro atoms. The zero-order valence-electron chi connectivity index (χ0n) is 20.4. The van der Waals surface area contributed by atoms with E-state index in [0.29, 0.717) is 49.3 Å². The van der Waals surface area contributed by atoms with Crippen molar-refractivity contribution in [3.8, 4) is 5.75 Å². The van der Waals surface area contributed by atoms with Crippen molar-refractivity contribution in [2.75, 3.05) is 31.6 Å². The fraction of sp³-hybridized carbons (Fsp3) is 0.520. The Morgan fingerprint density at radius 2 is 1.94 bits per heavy atom. The Labute approximate surface area is 215 Å². The smallest absolute Gasteiger partial charge is 0.344 e. The average Bonchev–Trinajstić information content (AvgIpc) is 3.45. The SMILES string of the molecule is CC(=O)Nc1ccn(C(=O)N2CCC3(CCCN3Cc3ccc(Cl)cc3OCCCC(=O)O)CC2)n1. The zero-order valence-corrected chi connectivity index (χ0v) is 21.2. The molecule has 11 heteroatoms. The van der Waals surface area contributed by atoms with Crippen LogP contribution in [0.4, 0.5) is 10.6 Å². The lowest BCUT2D eigenvalue weighted by atomic mass is 9.84. The predicted molar refractivity (Wildman–Crippen MR) is 134 cm³/mol. The Bertz CT molecular complexity index is 1110. The van der Waals surface area contributed by atoms with Gasteiger partial charge in [0, 0.05) is 61.4 Å². The summed E-state index contributed by atoms with van der Waals surface area (Å²) in [5.41, 5.74) is 1.04. The third-order valence-electron chi connectivity index (χ3n) is 6.98. The van der Waals surface area contributed by atoms with E-state index in [-0.39, 0.29) is 23.9 Å². The topological polar surface area (TPSA) is 117 Å². The van der Waals surface area contributed by atoms with Crippen LogP contribution in [0.2, 0.25) is 5.02 Å². The minimum Gasteiger partial charge on any atom is -0.493 e. The summed E-state index contributed by atoms with van der Waals surface area (Å²) >= 11 is 6.21. The van der Waals surface area contributed by atoms with Crippen molar-refractivity contribution in [3.05, 3.63) is 41.0 Å². The van der Waals surface area contributed by atoms with Crippen LogP contribution in [0.1, 0.15) is 51.0 Å². The summed E-state index contributed by atoms with van der Waals surface area (Å²) < 4.78 is 7.19. The van der Waals surface area contributed by atoms with Gasteiger partial charge in [0.1, 0.15) is 5.75 Å². The Hall–Kier alpha value is -3.11. The first-order valence-electron chi connectivity index (χ1n) is 12.3. The number of carboxylic acids is 1. The number of carbonyl (C=O) groups is 3. The first kappa shape index (κ1) is 26.0. The number of hydrogen-bond acceptors (Lipinski definition) is 6. The molecule has 2 aromatic rings. The maximum Gasteiger partial charge on any atom is 0.344 e. The number of amides is 2. The van der Waals surface area contributed by atoms with E-state index in [1.165, 1.54) is 11.6 Å². The van der Waals surface area contributed by atoms with Gasteiger partial charge in [0.05, 0.1) is 6.61 Å². The molecular weight excluding hydrogens is 486 g/mol. The second-order valence-corrected chi connectivity index (χ2v) is 9.88. The second-order valence-electron chi connectivity index (χ2n) is 9.44. The predicted octanol–water partition coefficient (Wildman–Crippen LogP) is 3.84. The van der Waals surface area contributed by atoms with Crippen LogP contribution in [0.3, 0.4) is 0 Å². The van der Waals surface area contributed by atoms with E-state index in [1.54, 1.807) is 18.3 Å². The molecule has 2 aliphatic rings. The highest BCUT2D eigenvalue weighted by Crippen LogP contribution is 2.40. The summed E-state index contributed by atoms with van der Waals surface area (Å²) in [6.45, 7) is 4.65. The monoisotopic (exact) mass is 517 g/mol. The number of nitrogens with zero attached hydrogens (tertiary/aromatic N) is 4. The van der Waals surface area contributed by atoms with E-state index in [0.717, 1.165) is 37.8 Å². The van der Waals surface area contributed by atoms with Gasteiger partial charge in [-0.25, -0.2) is 4.79 Å². The molecule has 36 heavy (non-hydrogen) atoms. The third-order valence-corrected chi connectivity index (χ3v) is 7.21. The number of ether oxygens (including phenoxy) is 1. The first-order valence-corrected chi connectivity index (χ1v) is 12.6. The van der Waals surface area contributed by atoms with E-state index in [2.05, 4.69) is 15.3 Å². The lowest BCUT2D eigenvalue weighted by Gasteiger charge is -2.45. The molecule has 1 aromatic heterocycles. The van der Waals surface area contributed by atoms with E-state index in [9.17, 15) is 14.4 Å². The number of anilines is 1. The van der Waals surface area contributed by atoms with Crippen LogP contribution in [0, 0.1) is 0 Å². The van der Waals surface area contributed by atoms with E-state index in [1.807, 2.05) is 17.0 Å². The summed E-state index contributed by atoms with van der Waals surface area (Å²) in [6, 6.07) is 7.03. The number of halogens is 1. The molecule has 10 nitrogen and oxygen atoms in total. The minimum absolute atomic E-state index is 0.0163. The van der Waals surface area contributed by atoms with Crippen LogP contribution in [-0.2, 0) is 16.1 Å². The molecule has 194 valence electrons. The fourth-order valence-electron chi connectivity index (χ4n) is 5.15. The molecule has 2 N–H and O–H groups in total. The largest absolute Gasteiger partial charge is 0.493 e. The molecule has 2 amide bonds. The van der Waals surface area contributed by atoms with Crippen molar-refractivity contribution < 1.29 is 24.2 Å². The number of carbonyl (C=O) groups excluding carboxylic acids is 2. The Morgan fingerprint density at radius 3 is 2.67 bits per heavy atom. The molecular formula is C25H32ClN5O5. The van der Waals surface area contributed by atoms with E-state index < -0.39 is 5.97 Å².